The third kappa shape index (κ3) is 3.90. The van der Waals surface area contributed by atoms with Gasteiger partial charge in [-0.1, -0.05) is 31.9 Å². The highest BCUT2D eigenvalue weighted by molar-refractivity contribution is 7.89. The molecule has 0 heterocycles. The normalized spacial score (nSPS) is 11.4. The van der Waals surface area contributed by atoms with Gasteiger partial charge >= 0.3 is 0 Å². The Labute approximate surface area is 101 Å². The van der Waals surface area contributed by atoms with Gasteiger partial charge in [0.1, 0.15) is 10.6 Å². The van der Waals surface area contributed by atoms with Gasteiger partial charge in [-0.15, -0.1) is 4.91 Å². The van der Waals surface area contributed by atoms with Crippen molar-refractivity contribution in [2.24, 2.45) is 5.18 Å². The molecule has 0 spiro atoms. The molecule has 0 aliphatic carbocycles. The van der Waals surface area contributed by atoms with Crippen LogP contribution in [0.15, 0.2) is 34.3 Å². The predicted molar refractivity (Wildman–Crippen MR) is 66.6 cm³/mol. The van der Waals surface area contributed by atoms with Crippen LogP contribution in [0.5, 0.6) is 0 Å². The van der Waals surface area contributed by atoms with E-state index in [1.54, 1.807) is 12.1 Å². The topological polar surface area (TPSA) is 75.6 Å². The van der Waals surface area contributed by atoms with E-state index >= 15 is 0 Å². The van der Waals surface area contributed by atoms with Crippen LogP contribution in [0, 0.1) is 4.91 Å². The van der Waals surface area contributed by atoms with E-state index in [1.165, 1.54) is 12.1 Å². The van der Waals surface area contributed by atoms with Crippen LogP contribution in [0.1, 0.15) is 26.2 Å². The molecule has 1 aromatic carbocycles. The predicted octanol–water partition coefficient (Wildman–Crippen LogP) is 2.55. The van der Waals surface area contributed by atoms with Crippen LogP contribution in [0.3, 0.4) is 0 Å². The Kier molecular flexibility index (Phi) is 5.24. The maximum Gasteiger partial charge on any atom is 0.242 e. The summed E-state index contributed by atoms with van der Waals surface area (Å²) in [7, 11) is -3.63. The molecule has 0 saturated carbocycles. The Morgan fingerprint density at radius 3 is 2.59 bits per heavy atom. The fourth-order valence-corrected chi connectivity index (χ4v) is 2.63. The molecule has 1 N–H and O–H groups in total. The molecule has 0 bridgehead atoms. The lowest BCUT2D eigenvalue weighted by Crippen LogP contribution is -2.24. The van der Waals surface area contributed by atoms with E-state index in [0.717, 1.165) is 19.3 Å². The van der Waals surface area contributed by atoms with Crippen LogP contribution in [0.2, 0.25) is 0 Å². The molecule has 5 nitrogen and oxygen atoms in total. The van der Waals surface area contributed by atoms with Crippen molar-refractivity contribution >= 4 is 15.7 Å². The number of nitrogens with zero attached hydrogens (tertiary/aromatic N) is 1. The summed E-state index contributed by atoms with van der Waals surface area (Å²) in [5.74, 6) is 0. The van der Waals surface area contributed by atoms with Crippen molar-refractivity contribution in [1.29, 1.82) is 0 Å². The highest BCUT2D eigenvalue weighted by Crippen LogP contribution is 2.22. The standard InChI is InChI=1S/C11H16N2O3S/c1-2-3-6-9-12-17(15,16)11-8-5-4-7-10(11)13-14/h4-5,7-8,12H,2-3,6,9H2,1H3. The summed E-state index contributed by atoms with van der Waals surface area (Å²) in [6.07, 6.45) is 2.77. The molecule has 0 radical (unpaired) electrons. The molecule has 0 saturated heterocycles. The summed E-state index contributed by atoms with van der Waals surface area (Å²) in [6.45, 7) is 2.42. The number of hydrogen-bond donors (Lipinski definition) is 1. The second kappa shape index (κ2) is 6.46. The second-order valence-electron chi connectivity index (χ2n) is 3.66. The molecule has 1 aromatic rings. The van der Waals surface area contributed by atoms with Crippen LogP contribution in [-0.4, -0.2) is 15.0 Å². The zero-order valence-corrected chi connectivity index (χ0v) is 10.5. The highest BCUT2D eigenvalue weighted by atomic mass is 32.2. The molecule has 1 rings (SSSR count). The Bertz CT molecular complexity index is 471. The fraction of sp³-hybridized carbons (Fsp3) is 0.455. The first-order chi connectivity index (χ1) is 8.11. The average Bonchev–Trinajstić information content (AvgIpc) is 2.34. The molecule has 0 aliphatic rings. The molecular formula is C11H16N2O3S. The lowest BCUT2D eigenvalue weighted by Gasteiger charge is -2.07. The van der Waals surface area contributed by atoms with Gasteiger partial charge in [-0.3, -0.25) is 0 Å². The largest absolute Gasteiger partial charge is 0.242 e. The minimum atomic E-state index is -3.63. The summed E-state index contributed by atoms with van der Waals surface area (Å²) in [4.78, 5) is 10.4. The summed E-state index contributed by atoms with van der Waals surface area (Å²) >= 11 is 0. The molecule has 94 valence electrons. The monoisotopic (exact) mass is 256 g/mol. The van der Waals surface area contributed by atoms with Gasteiger partial charge in [0.2, 0.25) is 10.0 Å². The molecule has 0 unspecified atom stereocenters. The van der Waals surface area contributed by atoms with Gasteiger partial charge in [-0.25, -0.2) is 13.1 Å². The van der Waals surface area contributed by atoms with Crippen LogP contribution < -0.4 is 4.72 Å². The Balaban J connectivity index is 2.79. The minimum absolute atomic E-state index is 0.0597. The summed E-state index contributed by atoms with van der Waals surface area (Å²) in [5, 5.41) is 2.71. The molecule has 17 heavy (non-hydrogen) atoms. The fourth-order valence-electron chi connectivity index (χ4n) is 1.42. The highest BCUT2D eigenvalue weighted by Gasteiger charge is 2.17. The third-order valence-electron chi connectivity index (χ3n) is 2.33. The van der Waals surface area contributed by atoms with Crippen molar-refractivity contribution in [1.82, 2.24) is 4.72 Å². The number of unbranched alkanes of at least 4 members (excludes halogenated alkanes) is 2. The van der Waals surface area contributed by atoms with Crippen LogP contribution in [0.25, 0.3) is 0 Å². The smallest absolute Gasteiger partial charge is 0.211 e. The van der Waals surface area contributed by atoms with Gasteiger partial charge in [-0.05, 0) is 23.7 Å². The minimum Gasteiger partial charge on any atom is -0.211 e. The van der Waals surface area contributed by atoms with Crippen LogP contribution >= 0.6 is 0 Å². The molecule has 0 fully saturated rings. The van der Waals surface area contributed by atoms with Gasteiger partial charge in [0.05, 0.1) is 0 Å². The van der Waals surface area contributed by atoms with E-state index in [4.69, 9.17) is 0 Å². The molecule has 6 heteroatoms. The van der Waals surface area contributed by atoms with E-state index in [0.29, 0.717) is 6.54 Å². The van der Waals surface area contributed by atoms with E-state index in [-0.39, 0.29) is 10.6 Å². The third-order valence-corrected chi connectivity index (χ3v) is 3.83. The molecule has 0 amide bonds. The Morgan fingerprint density at radius 1 is 1.24 bits per heavy atom. The van der Waals surface area contributed by atoms with Crippen molar-refractivity contribution in [2.45, 2.75) is 31.1 Å². The molecule has 0 atom stereocenters. The van der Waals surface area contributed by atoms with Gasteiger partial charge in [0.25, 0.3) is 0 Å². The van der Waals surface area contributed by atoms with E-state index in [2.05, 4.69) is 9.90 Å². The van der Waals surface area contributed by atoms with E-state index < -0.39 is 10.0 Å². The van der Waals surface area contributed by atoms with Gasteiger partial charge in [0, 0.05) is 6.54 Å². The maximum atomic E-state index is 11.9. The van der Waals surface area contributed by atoms with Crippen molar-refractivity contribution in [2.75, 3.05) is 6.54 Å². The number of hydrogen-bond acceptors (Lipinski definition) is 4. The second-order valence-corrected chi connectivity index (χ2v) is 5.40. The average molecular weight is 256 g/mol. The first-order valence-electron chi connectivity index (χ1n) is 5.54. The number of rotatable bonds is 7. The summed E-state index contributed by atoms with van der Waals surface area (Å²) in [5.41, 5.74) is -0.0597. The first-order valence-corrected chi connectivity index (χ1v) is 7.02. The lowest BCUT2D eigenvalue weighted by atomic mass is 10.3. The SMILES string of the molecule is CCCCCNS(=O)(=O)c1ccccc1N=O. The van der Waals surface area contributed by atoms with E-state index in [9.17, 15) is 13.3 Å². The first kappa shape index (κ1) is 13.8. The van der Waals surface area contributed by atoms with Crippen molar-refractivity contribution in [3.8, 4) is 0 Å². The zero-order valence-electron chi connectivity index (χ0n) is 9.72. The molecule has 0 aliphatic heterocycles. The van der Waals surface area contributed by atoms with Crippen molar-refractivity contribution in [3.63, 3.8) is 0 Å². The zero-order chi connectivity index (χ0) is 12.7. The Morgan fingerprint density at radius 2 is 1.94 bits per heavy atom. The Hall–Kier alpha value is -1.27. The van der Waals surface area contributed by atoms with Crippen molar-refractivity contribution in [3.05, 3.63) is 29.2 Å². The molecule has 0 aromatic heterocycles. The van der Waals surface area contributed by atoms with Crippen LogP contribution in [-0.2, 0) is 10.0 Å². The number of sulfonamides is 1. The van der Waals surface area contributed by atoms with Gasteiger partial charge < -0.3 is 0 Å². The quantitative estimate of drug-likeness (QED) is 0.601. The maximum absolute atomic E-state index is 11.9. The van der Waals surface area contributed by atoms with Gasteiger partial charge in [0.15, 0.2) is 0 Å². The van der Waals surface area contributed by atoms with Crippen molar-refractivity contribution < 1.29 is 8.42 Å². The number of nitrogens with one attached hydrogen (secondary N) is 1. The van der Waals surface area contributed by atoms with E-state index in [1.807, 2.05) is 6.92 Å². The number of nitroso groups, excluding NO2 is 1. The molecular weight excluding hydrogens is 240 g/mol. The van der Waals surface area contributed by atoms with Crippen LogP contribution in [0.4, 0.5) is 5.69 Å². The number of benzene rings is 1. The van der Waals surface area contributed by atoms with Gasteiger partial charge in [-0.2, -0.15) is 0 Å². The summed E-state index contributed by atoms with van der Waals surface area (Å²) in [6, 6.07) is 5.90. The lowest BCUT2D eigenvalue weighted by molar-refractivity contribution is 0.576. The summed E-state index contributed by atoms with van der Waals surface area (Å²) < 4.78 is 26.2.